The molecule has 0 aromatic heterocycles. The number of rotatable bonds is 4. The standard InChI is InChI=1S/C15H15NO2/c1-11(17)12-6-8-14(9-7-12)18-15-5-3-4-13(10-15)16-2/h3-10,16H,1-2H3. The molecule has 0 aliphatic rings. The molecule has 2 aromatic rings. The third-order valence-corrected chi connectivity index (χ3v) is 2.62. The van der Waals surface area contributed by atoms with Gasteiger partial charge in [0.2, 0.25) is 0 Å². The molecule has 0 saturated heterocycles. The third-order valence-electron chi connectivity index (χ3n) is 2.62. The summed E-state index contributed by atoms with van der Waals surface area (Å²) in [6, 6.07) is 14.8. The Balaban J connectivity index is 2.15. The van der Waals surface area contributed by atoms with Crippen molar-refractivity contribution in [2.24, 2.45) is 0 Å². The molecule has 3 heteroatoms. The predicted molar refractivity (Wildman–Crippen MR) is 72.5 cm³/mol. The van der Waals surface area contributed by atoms with E-state index in [0.29, 0.717) is 11.3 Å². The van der Waals surface area contributed by atoms with Crippen LogP contribution in [0, 0.1) is 0 Å². The fourth-order valence-electron chi connectivity index (χ4n) is 1.61. The first kappa shape index (κ1) is 12.2. The Bertz CT molecular complexity index is 547. The van der Waals surface area contributed by atoms with Crippen molar-refractivity contribution in [1.29, 1.82) is 0 Å². The van der Waals surface area contributed by atoms with Crippen LogP contribution >= 0.6 is 0 Å². The van der Waals surface area contributed by atoms with Crippen molar-refractivity contribution in [3.8, 4) is 11.5 Å². The highest BCUT2D eigenvalue weighted by molar-refractivity contribution is 5.94. The van der Waals surface area contributed by atoms with Crippen LogP contribution < -0.4 is 10.1 Å². The molecule has 0 heterocycles. The Morgan fingerprint density at radius 2 is 1.78 bits per heavy atom. The molecule has 0 fully saturated rings. The van der Waals surface area contributed by atoms with Crippen molar-refractivity contribution in [2.75, 3.05) is 12.4 Å². The van der Waals surface area contributed by atoms with Gasteiger partial charge >= 0.3 is 0 Å². The van der Waals surface area contributed by atoms with Crippen molar-refractivity contribution < 1.29 is 9.53 Å². The fraction of sp³-hybridized carbons (Fsp3) is 0.133. The van der Waals surface area contributed by atoms with Gasteiger partial charge in [0.15, 0.2) is 5.78 Å². The van der Waals surface area contributed by atoms with Crippen LogP contribution in [-0.4, -0.2) is 12.8 Å². The Labute approximate surface area is 106 Å². The molecule has 0 amide bonds. The van der Waals surface area contributed by atoms with Gasteiger partial charge in [-0.1, -0.05) is 6.07 Å². The summed E-state index contributed by atoms with van der Waals surface area (Å²) >= 11 is 0. The molecule has 0 aliphatic heterocycles. The quantitative estimate of drug-likeness (QED) is 0.829. The van der Waals surface area contributed by atoms with Gasteiger partial charge < -0.3 is 10.1 Å². The van der Waals surface area contributed by atoms with E-state index in [1.54, 1.807) is 31.2 Å². The molecule has 1 N–H and O–H groups in total. The lowest BCUT2D eigenvalue weighted by Crippen LogP contribution is -1.92. The van der Waals surface area contributed by atoms with Gasteiger partial charge in [0.1, 0.15) is 11.5 Å². The number of hydrogen-bond donors (Lipinski definition) is 1. The zero-order valence-electron chi connectivity index (χ0n) is 10.4. The first-order valence-corrected chi connectivity index (χ1v) is 5.76. The van der Waals surface area contributed by atoms with E-state index in [9.17, 15) is 4.79 Å². The zero-order valence-corrected chi connectivity index (χ0v) is 10.4. The fourth-order valence-corrected chi connectivity index (χ4v) is 1.61. The van der Waals surface area contributed by atoms with E-state index >= 15 is 0 Å². The predicted octanol–water partition coefficient (Wildman–Crippen LogP) is 3.72. The Morgan fingerprint density at radius 1 is 1.06 bits per heavy atom. The summed E-state index contributed by atoms with van der Waals surface area (Å²) in [5.74, 6) is 1.53. The number of Topliss-reactive ketones (excluding diaryl/α,β-unsaturated/α-hetero) is 1. The van der Waals surface area contributed by atoms with Crippen molar-refractivity contribution >= 4 is 11.5 Å². The molecule has 2 aromatic carbocycles. The van der Waals surface area contributed by atoms with Gasteiger partial charge in [-0.3, -0.25) is 4.79 Å². The van der Waals surface area contributed by atoms with Crippen LogP contribution in [-0.2, 0) is 0 Å². The Kier molecular flexibility index (Phi) is 3.63. The minimum Gasteiger partial charge on any atom is -0.457 e. The van der Waals surface area contributed by atoms with Crippen molar-refractivity contribution in [2.45, 2.75) is 6.92 Å². The highest BCUT2D eigenvalue weighted by Crippen LogP contribution is 2.24. The Morgan fingerprint density at radius 3 is 2.39 bits per heavy atom. The monoisotopic (exact) mass is 241 g/mol. The molecule has 0 radical (unpaired) electrons. The SMILES string of the molecule is CNc1cccc(Oc2ccc(C(C)=O)cc2)c1. The number of benzene rings is 2. The van der Waals surface area contributed by atoms with Crippen molar-refractivity contribution in [1.82, 2.24) is 0 Å². The van der Waals surface area contributed by atoms with Crippen LogP contribution in [0.4, 0.5) is 5.69 Å². The van der Waals surface area contributed by atoms with Crippen molar-refractivity contribution in [3.05, 3.63) is 54.1 Å². The maximum absolute atomic E-state index is 11.1. The topological polar surface area (TPSA) is 38.3 Å². The number of ether oxygens (including phenoxy) is 1. The molecule has 2 rings (SSSR count). The lowest BCUT2D eigenvalue weighted by molar-refractivity contribution is 0.101. The smallest absolute Gasteiger partial charge is 0.159 e. The van der Waals surface area contributed by atoms with E-state index in [1.807, 2.05) is 31.3 Å². The minimum absolute atomic E-state index is 0.0544. The van der Waals surface area contributed by atoms with Crippen LogP contribution in [0.3, 0.4) is 0 Å². The average molecular weight is 241 g/mol. The molecule has 0 unspecified atom stereocenters. The largest absolute Gasteiger partial charge is 0.457 e. The van der Waals surface area contributed by atoms with E-state index in [2.05, 4.69) is 5.32 Å². The second-order valence-electron chi connectivity index (χ2n) is 3.96. The number of hydrogen-bond acceptors (Lipinski definition) is 3. The first-order valence-electron chi connectivity index (χ1n) is 5.76. The van der Waals surface area contributed by atoms with E-state index in [-0.39, 0.29) is 5.78 Å². The summed E-state index contributed by atoms with van der Waals surface area (Å²) in [6.07, 6.45) is 0. The molecule has 0 saturated carbocycles. The molecule has 0 bridgehead atoms. The lowest BCUT2D eigenvalue weighted by Gasteiger charge is -2.07. The van der Waals surface area contributed by atoms with Crippen LogP contribution in [0.5, 0.6) is 11.5 Å². The zero-order chi connectivity index (χ0) is 13.0. The van der Waals surface area contributed by atoms with Gasteiger partial charge in [0.05, 0.1) is 0 Å². The van der Waals surface area contributed by atoms with Gasteiger partial charge in [-0.05, 0) is 43.3 Å². The van der Waals surface area contributed by atoms with Crippen LogP contribution in [0.1, 0.15) is 17.3 Å². The second-order valence-corrected chi connectivity index (χ2v) is 3.96. The number of carbonyl (C=O) groups excluding carboxylic acids is 1. The summed E-state index contributed by atoms with van der Waals surface area (Å²) in [6.45, 7) is 1.55. The van der Waals surface area contributed by atoms with Gasteiger partial charge in [0.25, 0.3) is 0 Å². The molecule has 0 spiro atoms. The number of nitrogens with one attached hydrogen (secondary N) is 1. The number of carbonyl (C=O) groups is 1. The van der Waals surface area contributed by atoms with Crippen LogP contribution in [0.25, 0.3) is 0 Å². The molecule has 18 heavy (non-hydrogen) atoms. The third kappa shape index (κ3) is 2.88. The van der Waals surface area contributed by atoms with E-state index in [0.717, 1.165) is 11.4 Å². The normalized spacial score (nSPS) is 9.89. The average Bonchev–Trinajstić information content (AvgIpc) is 2.39. The van der Waals surface area contributed by atoms with Gasteiger partial charge in [0, 0.05) is 24.4 Å². The maximum atomic E-state index is 11.1. The lowest BCUT2D eigenvalue weighted by atomic mass is 10.1. The highest BCUT2D eigenvalue weighted by Gasteiger charge is 2.01. The van der Waals surface area contributed by atoms with Gasteiger partial charge in [-0.25, -0.2) is 0 Å². The van der Waals surface area contributed by atoms with Crippen LogP contribution in [0.2, 0.25) is 0 Å². The maximum Gasteiger partial charge on any atom is 0.159 e. The molecule has 0 aliphatic carbocycles. The summed E-state index contributed by atoms with van der Waals surface area (Å²) in [5, 5.41) is 3.05. The summed E-state index contributed by atoms with van der Waals surface area (Å²) < 4.78 is 5.70. The molecular formula is C15H15NO2. The summed E-state index contributed by atoms with van der Waals surface area (Å²) in [7, 11) is 1.86. The highest BCUT2D eigenvalue weighted by atomic mass is 16.5. The van der Waals surface area contributed by atoms with Crippen LogP contribution in [0.15, 0.2) is 48.5 Å². The van der Waals surface area contributed by atoms with E-state index < -0.39 is 0 Å². The molecule has 92 valence electrons. The van der Waals surface area contributed by atoms with E-state index in [1.165, 1.54) is 0 Å². The van der Waals surface area contributed by atoms with Gasteiger partial charge in [-0.2, -0.15) is 0 Å². The molecular weight excluding hydrogens is 226 g/mol. The minimum atomic E-state index is 0.0544. The molecule has 3 nitrogen and oxygen atoms in total. The first-order chi connectivity index (χ1) is 8.69. The number of anilines is 1. The summed E-state index contributed by atoms with van der Waals surface area (Å²) in [4.78, 5) is 11.1. The summed E-state index contributed by atoms with van der Waals surface area (Å²) in [5.41, 5.74) is 1.68. The Hall–Kier alpha value is -2.29. The van der Waals surface area contributed by atoms with Crippen molar-refractivity contribution in [3.63, 3.8) is 0 Å². The van der Waals surface area contributed by atoms with Gasteiger partial charge in [-0.15, -0.1) is 0 Å². The second kappa shape index (κ2) is 5.36. The number of ketones is 1. The van der Waals surface area contributed by atoms with E-state index in [4.69, 9.17) is 4.74 Å². The molecule has 0 atom stereocenters.